The summed E-state index contributed by atoms with van der Waals surface area (Å²) in [6.07, 6.45) is 0.966. The van der Waals surface area contributed by atoms with Crippen LogP contribution >= 0.6 is 22.9 Å². The van der Waals surface area contributed by atoms with Crippen molar-refractivity contribution in [2.45, 2.75) is 32.4 Å². The number of carbonyl (C=O) groups is 1. The zero-order valence-corrected chi connectivity index (χ0v) is 24.7. The van der Waals surface area contributed by atoms with Crippen molar-refractivity contribution < 1.29 is 4.79 Å². The summed E-state index contributed by atoms with van der Waals surface area (Å²) in [5.74, 6) is 0.340. The van der Waals surface area contributed by atoms with Gasteiger partial charge in [0.15, 0.2) is 0 Å². The maximum absolute atomic E-state index is 13.2. The average molecular weight is 573 g/mol. The Morgan fingerprint density at radius 2 is 1.60 bits per heavy atom. The van der Waals surface area contributed by atoms with E-state index in [1.165, 1.54) is 16.7 Å². The molecule has 1 aliphatic rings. The highest BCUT2D eigenvalue weighted by molar-refractivity contribution is 7.09. The Kier molecular flexibility index (Phi) is 10.0. The second kappa shape index (κ2) is 14.0. The quantitative estimate of drug-likeness (QED) is 0.198. The first-order valence-electron chi connectivity index (χ1n) is 14.1. The zero-order valence-electron chi connectivity index (χ0n) is 23.1. The summed E-state index contributed by atoms with van der Waals surface area (Å²) >= 11 is 7.91. The Hall–Kier alpha value is -3.03. The molecule has 0 saturated carbocycles. The SMILES string of the molecule is CCN1CCN(C(=O)c2csc(CN(CCC(c3ccccc3)c3ccccc3)Cc3cccc(Cl)c3)n2)CC1. The topological polar surface area (TPSA) is 39.7 Å². The molecule has 40 heavy (non-hydrogen) atoms. The first-order chi connectivity index (χ1) is 19.6. The first kappa shape index (κ1) is 28.5. The van der Waals surface area contributed by atoms with Gasteiger partial charge >= 0.3 is 0 Å². The minimum absolute atomic E-state index is 0.0489. The lowest BCUT2D eigenvalue weighted by Crippen LogP contribution is -2.48. The maximum Gasteiger partial charge on any atom is 0.273 e. The van der Waals surface area contributed by atoms with E-state index < -0.39 is 0 Å². The third kappa shape index (κ3) is 7.58. The molecule has 0 aliphatic carbocycles. The summed E-state index contributed by atoms with van der Waals surface area (Å²) in [7, 11) is 0. The van der Waals surface area contributed by atoms with E-state index in [9.17, 15) is 4.79 Å². The van der Waals surface area contributed by atoms with Gasteiger partial charge in [-0.15, -0.1) is 11.3 Å². The molecule has 1 saturated heterocycles. The molecule has 1 amide bonds. The predicted molar refractivity (Wildman–Crippen MR) is 165 cm³/mol. The highest BCUT2D eigenvalue weighted by Crippen LogP contribution is 2.29. The van der Waals surface area contributed by atoms with Crippen molar-refractivity contribution in [1.29, 1.82) is 0 Å². The molecule has 0 N–H and O–H groups in total. The number of thiazole rings is 1. The molecule has 1 aromatic heterocycles. The van der Waals surface area contributed by atoms with Crippen LogP contribution in [0, 0.1) is 0 Å². The molecule has 3 aromatic carbocycles. The smallest absolute Gasteiger partial charge is 0.273 e. The van der Waals surface area contributed by atoms with E-state index in [2.05, 4.69) is 83.5 Å². The van der Waals surface area contributed by atoms with Gasteiger partial charge in [-0.25, -0.2) is 4.98 Å². The summed E-state index contributed by atoms with van der Waals surface area (Å²) < 4.78 is 0. The van der Waals surface area contributed by atoms with Gasteiger partial charge in [0, 0.05) is 49.0 Å². The average Bonchev–Trinajstić information content (AvgIpc) is 3.46. The standard InChI is InChI=1S/C33H37ClN4OS/c1-2-36-18-20-38(21-19-36)33(39)31-25-40-32(35-31)24-37(23-26-10-9-15-29(34)22-26)17-16-30(27-11-5-3-6-12-27)28-13-7-4-8-14-28/h3-15,22,25,30H,2,16-21,23-24H2,1H3. The number of benzene rings is 3. The number of rotatable bonds is 11. The molecule has 5 nitrogen and oxygen atoms in total. The summed E-state index contributed by atoms with van der Waals surface area (Å²) in [4.78, 5) is 24.7. The fourth-order valence-electron chi connectivity index (χ4n) is 5.42. The van der Waals surface area contributed by atoms with Gasteiger partial charge in [0.25, 0.3) is 5.91 Å². The van der Waals surface area contributed by atoms with Gasteiger partial charge in [-0.1, -0.05) is 91.3 Å². The molecule has 7 heteroatoms. The van der Waals surface area contributed by atoms with Gasteiger partial charge in [-0.2, -0.15) is 0 Å². The van der Waals surface area contributed by atoms with Crippen molar-refractivity contribution >= 4 is 28.8 Å². The molecule has 5 rings (SSSR count). The fraction of sp³-hybridized carbons (Fsp3) is 0.333. The van der Waals surface area contributed by atoms with Crippen molar-refractivity contribution in [3.63, 3.8) is 0 Å². The van der Waals surface area contributed by atoms with Crippen LogP contribution in [0.3, 0.4) is 0 Å². The normalized spacial score (nSPS) is 14.2. The van der Waals surface area contributed by atoms with E-state index in [1.54, 1.807) is 11.3 Å². The van der Waals surface area contributed by atoms with Crippen molar-refractivity contribution in [2.75, 3.05) is 39.3 Å². The highest BCUT2D eigenvalue weighted by atomic mass is 35.5. The van der Waals surface area contributed by atoms with E-state index in [1.807, 2.05) is 28.5 Å². The molecule has 0 bridgehead atoms. The fourth-order valence-corrected chi connectivity index (χ4v) is 6.44. The van der Waals surface area contributed by atoms with Crippen LogP contribution in [0.25, 0.3) is 0 Å². The van der Waals surface area contributed by atoms with E-state index in [0.717, 1.165) is 62.3 Å². The molecular formula is C33H37ClN4OS. The number of amides is 1. The first-order valence-corrected chi connectivity index (χ1v) is 15.4. The van der Waals surface area contributed by atoms with E-state index in [4.69, 9.17) is 16.6 Å². The Balaban J connectivity index is 1.32. The largest absolute Gasteiger partial charge is 0.335 e. The lowest BCUT2D eigenvalue weighted by molar-refractivity contribution is 0.0638. The summed E-state index contributed by atoms with van der Waals surface area (Å²) in [5.41, 5.74) is 4.38. The minimum Gasteiger partial charge on any atom is -0.335 e. The van der Waals surface area contributed by atoms with Crippen molar-refractivity contribution in [3.8, 4) is 0 Å². The van der Waals surface area contributed by atoms with E-state index >= 15 is 0 Å². The van der Waals surface area contributed by atoms with Crippen LogP contribution in [-0.2, 0) is 13.1 Å². The summed E-state index contributed by atoms with van der Waals surface area (Å²) in [5, 5.41) is 3.64. The molecule has 1 aliphatic heterocycles. The van der Waals surface area contributed by atoms with E-state index in [0.29, 0.717) is 18.2 Å². The number of nitrogens with zero attached hydrogens (tertiary/aromatic N) is 4. The number of halogens is 1. The molecule has 0 spiro atoms. The minimum atomic E-state index is 0.0489. The zero-order chi connectivity index (χ0) is 27.7. The van der Waals surface area contributed by atoms with Gasteiger partial charge in [0.1, 0.15) is 10.7 Å². The lowest BCUT2D eigenvalue weighted by atomic mass is 9.88. The Labute approximate surface area is 247 Å². The van der Waals surface area contributed by atoms with Crippen LogP contribution in [0.1, 0.15) is 51.4 Å². The number of carbonyl (C=O) groups excluding carboxylic acids is 1. The third-order valence-corrected chi connectivity index (χ3v) is 8.74. The number of hydrogen-bond donors (Lipinski definition) is 0. The van der Waals surface area contributed by atoms with Gasteiger partial charge in [-0.05, 0) is 48.3 Å². The summed E-state index contributed by atoms with van der Waals surface area (Å²) in [6.45, 7) is 8.91. The molecule has 0 radical (unpaired) electrons. The second-order valence-corrected chi connectivity index (χ2v) is 11.7. The molecule has 4 aromatic rings. The second-order valence-electron chi connectivity index (χ2n) is 10.4. The molecule has 2 heterocycles. The van der Waals surface area contributed by atoms with Crippen LogP contribution in [0.5, 0.6) is 0 Å². The summed E-state index contributed by atoms with van der Waals surface area (Å²) in [6, 6.07) is 29.6. The van der Waals surface area contributed by atoms with Crippen LogP contribution in [-0.4, -0.2) is 64.9 Å². The third-order valence-electron chi connectivity index (χ3n) is 7.67. The van der Waals surface area contributed by atoms with Crippen LogP contribution in [0.2, 0.25) is 5.02 Å². The van der Waals surface area contributed by atoms with Crippen LogP contribution in [0.15, 0.2) is 90.3 Å². The highest BCUT2D eigenvalue weighted by Gasteiger charge is 2.24. The molecule has 208 valence electrons. The van der Waals surface area contributed by atoms with Gasteiger partial charge in [0.2, 0.25) is 0 Å². The molecule has 1 fully saturated rings. The van der Waals surface area contributed by atoms with Crippen molar-refractivity contribution in [2.24, 2.45) is 0 Å². The Morgan fingerprint density at radius 3 is 2.23 bits per heavy atom. The van der Waals surface area contributed by atoms with Gasteiger partial charge < -0.3 is 9.80 Å². The Morgan fingerprint density at radius 1 is 0.925 bits per heavy atom. The molecule has 0 unspecified atom stereocenters. The molecule has 0 atom stereocenters. The number of hydrogen-bond acceptors (Lipinski definition) is 5. The number of likely N-dealkylation sites (N-methyl/N-ethyl adjacent to an activating group) is 1. The van der Waals surface area contributed by atoms with Crippen LogP contribution < -0.4 is 0 Å². The predicted octanol–water partition coefficient (Wildman–Crippen LogP) is 6.80. The number of aromatic nitrogens is 1. The number of piperazine rings is 1. The van der Waals surface area contributed by atoms with Crippen molar-refractivity contribution in [3.05, 3.63) is 123 Å². The van der Waals surface area contributed by atoms with Crippen LogP contribution in [0.4, 0.5) is 0 Å². The van der Waals surface area contributed by atoms with E-state index in [-0.39, 0.29) is 5.91 Å². The van der Waals surface area contributed by atoms with Gasteiger partial charge in [0.05, 0.1) is 6.54 Å². The Bertz CT molecular complexity index is 1320. The molecular weight excluding hydrogens is 536 g/mol. The lowest BCUT2D eigenvalue weighted by Gasteiger charge is -2.33. The van der Waals surface area contributed by atoms with Crippen molar-refractivity contribution in [1.82, 2.24) is 19.7 Å². The van der Waals surface area contributed by atoms with Gasteiger partial charge in [-0.3, -0.25) is 9.69 Å². The monoisotopic (exact) mass is 572 g/mol. The maximum atomic E-state index is 13.2.